The Morgan fingerprint density at radius 1 is 1.45 bits per heavy atom. The van der Waals surface area contributed by atoms with Gasteiger partial charge < -0.3 is 16.1 Å². The number of imidazole rings is 1. The van der Waals surface area contributed by atoms with Crippen LogP contribution >= 0.6 is 11.6 Å². The minimum absolute atomic E-state index is 0.0868. The Bertz CT molecular complexity index is 704. The zero-order valence-corrected chi connectivity index (χ0v) is 11.4. The molecule has 0 spiro atoms. The van der Waals surface area contributed by atoms with Crippen molar-refractivity contribution in [2.24, 2.45) is 5.73 Å². The number of allylic oxidation sites excluding steroid dienone is 2. The average molecular weight is 290 g/mol. The number of amides is 1. The molecular formula is C13H12ClN5O. The van der Waals surface area contributed by atoms with E-state index in [1.807, 2.05) is 0 Å². The topological polar surface area (TPSA) is 109 Å². The van der Waals surface area contributed by atoms with Crippen LogP contribution in [0, 0.1) is 5.41 Å². The number of carbonyl (C=O) groups excluding carboxylic acids is 1. The summed E-state index contributed by atoms with van der Waals surface area (Å²) in [5.74, 6) is -0.540. The van der Waals surface area contributed by atoms with Crippen molar-refractivity contribution in [1.82, 2.24) is 15.0 Å². The van der Waals surface area contributed by atoms with E-state index in [0.717, 1.165) is 5.57 Å². The van der Waals surface area contributed by atoms with Crippen LogP contribution in [0.25, 0.3) is 5.57 Å². The molecule has 6 nitrogen and oxygen atoms in total. The summed E-state index contributed by atoms with van der Waals surface area (Å²) in [5.41, 5.74) is 7.35. The van der Waals surface area contributed by atoms with Gasteiger partial charge in [0.15, 0.2) is 5.82 Å². The Hall–Kier alpha value is -2.47. The SMILES string of the molecule is C/C(=C/C(=N)c1cncc(Cl)c1)c1cnc(C(N)=O)[nH]1. The Labute approximate surface area is 120 Å². The number of nitrogens with two attached hydrogens (primary N) is 1. The van der Waals surface area contributed by atoms with Gasteiger partial charge in [0.2, 0.25) is 0 Å². The maximum atomic E-state index is 11.0. The molecule has 0 bridgehead atoms. The lowest BCUT2D eigenvalue weighted by molar-refractivity contribution is 0.0991. The van der Waals surface area contributed by atoms with Gasteiger partial charge in [0.25, 0.3) is 5.91 Å². The lowest BCUT2D eigenvalue weighted by Crippen LogP contribution is -2.12. The number of H-pyrrole nitrogens is 1. The predicted molar refractivity (Wildman–Crippen MR) is 76.8 cm³/mol. The molecule has 0 fully saturated rings. The van der Waals surface area contributed by atoms with Crippen LogP contribution in [0.3, 0.4) is 0 Å². The molecule has 7 heteroatoms. The fourth-order valence-corrected chi connectivity index (χ4v) is 1.76. The van der Waals surface area contributed by atoms with Crippen molar-refractivity contribution in [3.05, 3.63) is 52.8 Å². The predicted octanol–water partition coefficient (Wildman–Crippen LogP) is 2.03. The molecule has 0 radical (unpaired) electrons. The van der Waals surface area contributed by atoms with E-state index in [1.54, 1.807) is 25.3 Å². The van der Waals surface area contributed by atoms with Crippen molar-refractivity contribution < 1.29 is 4.79 Å². The fraction of sp³-hybridized carbons (Fsp3) is 0.0769. The van der Waals surface area contributed by atoms with Gasteiger partial charge in [-0.25, -0.2) is 4.98 Å². The third-order valence-electron chi connectivity index (χ3n) is 2.61. The largest absolute Gasteiger partial charge is 0.363 e. The van der Waals surface area contributed by atoms with E-state index in [4.69, 9.17) is 22.7 Å². The molecule has 1 amide bonds. The lowest BCUT2D eigenvalue weighted by atomic mass is 10.1. The van der Waals surface area contributed by atoms with Gasteiger partial charge in [-0.2, -0.15) is 0 Å². The molecule has 0 aliphatic heterocycles. The summed E-state index contributed by atoms with van der Waals surface area (Å²) in [6.45, 7) is 1.80. The van der Waals surface area contributed by atoms with Crippen LogP contribution in [0.2, 0.25) is 5.02 Å². The number of halogens is 1. The van der Waals surface area contributed by atoms with Crippen LogP contribution in [0.5, 0.6) is 0 Å². The van der Waals surface area contributed by atoms with E-state index in [-0.39, 0.29) is 11.5 Å². The smallest absolute Gasteiger partial charge is 0.284 e. The minimum Gasteiger partial charge on any atom is -0.363 e. The van der Waals surface area contributed by atoms with Gasteiger partial charge in [-0.3, -0.25) is 9.78 Å². The molecule has 0 atom stereocenters. The fourth-order valence-electron chi connectivity index (χ4n) is 1.58. The highest BCUT2D eigenvalue weighted by molar-refractivity contribution is 6.31. The van der Waals surface area contributed by atoms with Crippen LogP contribution < -0.4 is 5.73 Å². The van der Waals surface area contributed by atoms with Gasteiger partial charge in [-0.05, 0) is 24.6 Å². The molecular weight excluding hydrogens is 278 g/mol. The summed E-state index contributed by atoms with van der Waals surface area (Å²) in [6, 6.07) is 1.66. The maximum Gasteiger partial charge on any atom is 0.284 e. The van der Waals surface area contributed by atoms with Gasteiger partial charge in [-0.15, -0.1) is 0 Å². The minimum atomic E-state index is -0.627. The van der Waals surface area contributed by atoms with Crippen LogP contribution in [0.4, 0.5) is 0 Å². The zero-order valence-electron chi connectivity index (χ0n) is 10.6. The third-order valence-corrected chi connectivity index (χ3v) is 2.82. The van der Waals surface area contributed by atoms with E-state index in [1.165, 1.54) is 12.4 Å². The first kappa shape index (κ1) is 14.0. The molecule has 4 N–H and O–H groups in total. The van der Waals surface area contributed by atoms with Crippen molar-refractivity contribution >= 4 is 28.8 Å². The van der Waals surface area contributed by atoms with Gasteiger partial charge in [0.1, 0.15) is 0 Å². The van der Waals surface area contributed by atoms with Gasteiger partial charge >= 0.3 is 0 Å². The number of rotatable bonds is 4. The first-order chi connectivity index (χ1) is 9.47. The van der Waals surface area contributed by atoms with E-state index < -0.39 is 5.91 Å². The number of nitrogens with zero attached hydrogens (tertiary/aromatic N) is 2. The van der Waals surface area contributed by atoms with Crippen LogP contribution in [0.1, 0.15) is 28.8 Å². The van der Waals surface area contributed by atoms with Crippen molar-refractivity contribution in [3.63, 3.8) is 0 Å². The van der Waals surface area contributed by atoms with Gasteiger partial charge in [0, 0.05) is 18.0 Å². The molecule has 0 unspecified atom stereocenters. The highest BCUT2D eigenvalue weighted by Gasteiger charge is 2.08. The number of carbonyl (C=O) groups is 1. The number of aromatic nitrogens is 3. The lowest BCUT2D eigenvalue weighted by Gasteiger charge is -2.01. The third kappa shape index (κ3) is 3.10. The van der Waals surface area contributed by atoms with E-state index >= 15 is 0 Å². The Kier molecular flexibility index (Phi) is 3.95. The summed E-state index contributed by atoms with van der Waals surface area (Å²) < 4.78 is 0. The maximum absolute atomic E-state index is 11.0. The molecule has 2 aromatic heterocycles. The first-order valence-electron chi connectivity index (χ1n) is 5.70. The second kappa shape index (κ2) is 5.66. The van der Waals surface area contributed by atoms with E-state index in [0.29, 0.717) is 16.3 Å². The van der Waals surface area contributed by atoms with Gasteiger partial charge in [-0.1, -0.05) is 11.6 Å². The van der Waals surface area contributed by atoms with Crippen LogP contribution in [-0.2, 0) is 0 Å². The molecule has 2 aromatic rings. The van der Waals surface area contributed by atoms with E-state index in [9.17, 15) is 4.79 Å². The molecule has 0 aliphatic rings. The van der Waals surface area contributed by atoms with Crippen molar-refractivity contribution in [1.29, 1.82) is 5.41 Å². The number of hydrogen-bond acceptors (Lipinski definition) is 4. The number of hydrogen-bond donors (Lipinski definition) is 3. The summed E-state index contributed by atoms with van der Waals surface area (Å²) in [7, 11) is 0. The number of nitrogens with one attached hydrogen (secondary N) is 2. The zero-order chi connectivity index (χ0) is 14.7. The highest BCUT2D eigenvalue weighted by atomic mass is 35.5. The standard InChI is InChI=1S/C13H12ClN5O/c1-7(11-6-18-13(19-11)12(16)20)2-10(15)8-3-9(14)5-17-4-8/h2-6,15H,1H3,(H2,16,20)(H,18,19)/b7-2-,15-10?. The first-order valence-corrected chi connectivity index (χ1v) is 6.08. The molecule has 0 saturated heterocycles. The monoisotopic (exact) mass is 289 g/mol. The summed E-state index contributed by atoms with van der Waals surface area (Å²) in [5, 5.41) is 8.46. The molecule has 0 saturated carbocycles. The molecule has 102 valence electrons. The number of aromatic amines is 1. The molecule has 0 aliphatic carbocycles. The van der Waals surface area contributed by atoms with E-state index in [2.05, 4.69) is 15.0 Å². The van der Waals surface area contributed by atoms with Crippen molar-refractivity contribution in [2.45, 2.75) is 6.92 Å². The molecule has 2 heterocycles. The normalized spacial score (nSPS) is 11.4. The van der Waals surface area contributed by atoms with Gasteiger partial charge in [0.05, 0.1) is 22.6 Å². The highest BCUT2D eigenvalue weighted by Crippen LogP contribution is 2.14. The second-order valence-corrected chi connectivity index (χ2v) is 4.58. The summed E-state index contributed by atoms with van der Waals surface area (Å²) >= 11 is 5.83. The molecule has 2 rings (SSSR count). The molecule has 0 aromatic carbocycles. The van der Waals surface area contributed by atoms with Crippen molar-refractivity contribution in [2.75, 3.05) is 0 Å². The number of primary amides is 1. The Morgan fingerprint density at radius 2 is 2.20 bits per heavy atom. The van der Waals surface area contributed by atoms with Crippen LogP contribution in [-0.4, -0.2) is 26.6 Å². The Balaban J connectivity index is 2.25. The summed E-state index contributed by atoms with van der Waals surface area (Å²) in [6.07, 6.45) is 6.18. The Morgan fingerprint density at radius 3 is 2.80 bits per heavy atom. The number of pyridine rings is 1. The molecule has 20 heavy (non-hydrogen) atoms. The quantitative estimate of drug-likeness (QED) is 0.749. The average Bonchev–Trinajstić information content (AvgIpc) is 2.88. The summed E-state index contributed by atoms with van der Waals surface area (Å²) in [4.78, 5) is 21.5. The van der Waals surface area contributed by atoms with Crippen LogP contribution in [0.15, 0.2) is 30.7 Å². The van der Waals surface area contributed by atoms with Crippen molar-refractivity contribution in [3.8, 4) is 0 Å². The second-order valence-electron chi connectivity index (χ2n) is 4.14.